The number of carbonyl (C=O) groups excluding carboxylic acids is 1. The van der Waals surface area contributed by atoms with E-state index in [2.05, 4.69) is 41.4 Å². The molecule has 0 saturated carbocycles. The third-order valence-corrected chi connectivity index (χ3v) is 4.53. The maximum absolute atomic E-state index is 13.6. The molecule has 150 valence electrons. The van der Waals surface area contributed by atoms with Gasteiger partial charge in [0.05, 0.1) is 12.4 Å². The first-order valence-corrected chi connectivity index (χ1v) is 9.55. The lowest BCUT2D eigenvalue weighted by Crippen LogP contribution is -2.19. The van der Waals surface area contributed by atoms with Gasteiger partial charge in [-0.3, -0.25) is 4.79 Å². The normalized spacial score (nSPS) is 11.2. The summed E-state index contributed by atoms with van der Waals surface area (Å²) in [5.41, 5.74) is 2.59. The molecule has 0 aliphatic carbocycles. The SMILES string of the molecule is CC(C)(C)c1ccccc1NC(=O)c1cnc(NCCc2ccccc2F)cn1. The number of hydrogen-bond donors (Lipinski definition) is 2. The van der Waals surface area contributed by atoms with Crippen LogP contribution in [0.5, 0.6) is 0 Å². The molecular weight excluding hydrogens is 367 g/mol. The first-order valence-electron chi connectivity index (χ1n) is 9.55. The number of rotatable bonds is 6. The molecule has 5 nitrogen and oxygen atoms in total. The number of hydrogen-bond acceptors (Lipinski definition) is 4. The van der Waals surface area contributed by atoms with E-state index in [0.717, 1.165) is 11.3 Å². The van der Waals surface area contributed by atoms with Crippen LogP contribution < -0.4 is 10.6 Å². The lowest BCUT2D eigenvalue weighted by Gasteiger charge is -2.22. The number of anilines is 2. The van der Waals surface area contributed by atoms with E-state index in [0.29, 0.717) is 24.3 Å². The van der Waals surface area contributed by atoms with E-state index in [1.54, 1.807) is 12.1 Å². The summed E-state index contributed by atoms with van der Waals surface area (Å²) in [6.45, 7) is 6.80. The number of nitrogens with zero attached hydrogens (tertiary/aromatic N) is 2. The van der Waals surface area contributed by atoms with Gasteiger partial charge in [-0.1, -0.05) is 57.2 Å². The smallest absolute Gasteiger partial charge is 0.275 e. The average Bonchev–Trinajstić information content (AvgIpc) is 2.69. The summed E-state index contributed by atoms with van der Waals surface area (Å²) in [6, 6.07) is 14.4. The molecule has 29 heavy (non-hydrogen) atoms. The van der Waals surface area contributed by atoms with Crippen molar-refractivity contribution in [2.24, 2.45) is 0 Å². The summed E-state index contributed by atoms with van der Waals surface area (Å²) in [5.74, 6) is 0.00280. The minimum atomic E-state index is -0.313. The Hall–Kier alpha value is -3.28. The van der Waals surface area contributed by atoms with Crippen LogP contribution in [0.25, 0.3) is 0 Å². The van der Waals surface area contributed by atoms with Crippen LogP contribution >= 0.6 is 0 Å². The Kier molecular flexibility index (Phi) is 6.22. The number of halogens is 1. The first-order chi connectivity index (χ1) is 13.8. The molecule has 1 aromatic heterocycles. The van der Waals surface area contributed by atoms with Crippen molar-refractivity contribution < 1.29 is 9.18 Å². The van der Waals surface area contributed by atoms with Gasteiger partial charge < -0.3 is 10.6 Å². The summed E-state index contributed by atoms with van der Waals surface area (Å²) in [7, 11) is 0. The molecule has 0 aliphatic rings. The van der Waals surface area contributed by atoms with E-state index in [1.807, 2.05) is 30.3 Å². The molecule has 0 fully saturated rings. The number of benzene rings is 2. The zero-order valence-electron chi connectivity index (χ0n) is 16.9. The van der Waals surface area contributed by atoms with E-state index in [4.69, 9.17) is 0 Å². The fourth-order valence-corrected chi connectivity index (χ4v) is 3.00. The monoisotopic (exact) mass is 392 g/mol. The second kappa shape index (κ2) is 8.82. The van der Waals surface area contributed by atoms with Crippen LogP contribution in [0.4, 0.5) is 15.9 Å². The van der Waals surface area contributed by atoms with Crippen molar-refractivity contribution in [1.82, 2.24) is 9.97 Å². The Labute approximate surface area is 170 Å². The quantitative estimate of drug-likeness (QED) is 0.631. The number of nitrogens with one attached hydrogen (secondary N) is 2. The van der Waals surface area contributed by atoms with Gasteiger partial charge in [0, 0.05) is 12.2 Å². The summed E-state index contributed by atoms with van der Waals surface area (Å²) in [6.07, 6.45) is 3.46. The van der Waals surface area contributed by atoms with Crippen molar-refractivity contribution in [2.75, 3.05) is 17.2 Å². The predicted octanol–water partition coefficient (Wildman–Crippen LogP) is 4.82. The fourth-order valence-electron chi connectivity index (χ4n) is 3.00. The Bertz CT molecular complexity index is 981. The Morgan fingerprint density at radius 2 is 1.72 bits per heavy atom. The third kappa shape index (κ3) is 5.38. The minimum Gasteiger partial charge on any atom is -0.368 e. The van der Waals surface area contributed by atoms with Gasteiger partial charge >= 0.3 is 0 Å². The van der Waals surface area contributed by atoms with Crippen LogP contribution in [0.15, 0.2) is 60.9 Å². The van der Waals surface area contributed by atoms with Gasteiger partial charge in [-0.2, -0.15) is 0 Å². The van der Waals surface area contributed by atoms with E-state index in [9.17, 15) is 9.18 Å². The maximum Gasteiger partial charge on any atom is 0.275 e. The van der Waals surface area contributed by atoms with E-state index >= 15 is 0 Å². The first kappa shape index (κ1) is 20.5. The standard InChI is InChI=1S/C23H25FN4O/c1-23(2,3)17-9-5-7-11-19(17)28-22(29)20-14-27-21(15-26-20)25-13-12-16-8-4-6-10-18(16)24/h4-11,14-15H,12-13H2,1-3H3,(H,25,27)(H,28,29). The molecule has 1 amide bonds. The van der Waals surface area contributed by atoms with Crippen molar-refractivity contribution in [3.05, 3.63) is 83.6 Å². The average molecular weight is 392 g/mol. The topological polar surface area (TPSA) is 66.9 Å². The number of amides is 1. The molecule has 0 atom stereocenters. The van der Waals surface area contributed by atoms with Crippen LogP contribution in [0.3, 0.4) is 0 Å². The largest absolute Gasteiger partial charge is 0.368 e. The molecule has 2 N–H and O–H groups in total. The van der Waals surface area contributed by atoms with Crippen LogP contribution in [0.1, 0.15) is 42.4 Å². The predicted molar refractivity (Wildman–Crippen MR) is 114 cm³/mol. The molecule has 0 unspecified atom stereocenters. The lowest BCUT2D eigenvalue weighted by molar-refractivity contribution is 0.102. The second-order valence-corrected chi connectivity index (χ2v) is 7.80. The Balaban J connectivity index is 1.60. The highest BCUT2D eigenvalue weighted by Crippen LogP contribution is 2.29. The van der Waals surface area contributed by atoms with Crippen LogP contribution in [0.2, 0.25) is 0 Å². The molecule has 3 rings (SSSR count). The highest BCUT2D eigenvalue weighted by Gasteiger charge is 2.19. The van der Waals surface area contributed by atoms with Crippen molar-refractivity contribution >= 4 is 17.4 Å². The maximum atomic E-state index is 13.6. The van der Waals surface area contributed by atoms with Gasteiger partial charge in [0.2, 0.25) is 0 Å². The van der Waals surface area contributed by atoms with E-state index in [1.165, 1.54) is 18.5 Å². The number of para-hydroxylation sites is 1. The van der Waals surface area contributed by atoms with Gasteiger partial charge in [0.15, 0.2) is 0 Å². The van der Waals surface area contributed by atoms with E-state index in [-0.39, 0.29) is 22.8 Å². The zero-order chi connectivity index (χ0) is 20.9. The van der Waals surface area contributed by atoms with Gasteiger partial charge in [0.25, 0.3) is 5.91 Å². The van der Waals surface area contributed by atoms with Crippen molar-refractivity contribution in [2.45, 2.75) is 32.6 Å². The van der Waals surface area contributed by atoms with Crippen molar-refractivity contribution in [3.8, 4) is 0 Å². The van der Waals surface area contributed by atoms with Crippen LogP contribution in [-0.2, 0) is 11.8 Å². The second-order valence-electron chi connectivity index (χ2n) is 7.80. The summed E-state index contributed by atoms with van der Waals surface area (Å²) >= 11 is 0. The Morgan fingerprint density at radius 3 is 2.41 bits per heavy atom. The fraction of sp³-hybridized carbons (Fsp3) is 0.261. The van der Waals surface area contributed by atoms with Crippen LogP contribution in [0, 0.1) is 5.82 Å². The van der Waals surface area contributed by atoms with Gasteiger partial charge in [-0.05, 0) is 35.1 Å². The summed E-state index contributed by atoms with van der Waals surface area (Å²) in [4.78, 5) is 21.0. The molecule has 0 aliphatic heterocycles. The molecule has 0 bridgehead atoms. The molecule has 0 saturated heterocycles. The van der Waals surface area contributed by atoms with Crippen LogP contribution in [-0.4, -0.2) is 22.4 Å². The molecule has 3 aromatic rings. The zero-order valence-corrected chi connectivity index (χ0v) is 16.9. The molecule has 6 heteroatoms. The van der Waals surface area contributed by atoms with E-state index < -0.39 is 0 Å². The minimum absolute atomic E-state index is 0.0957. The highest BCUT2D eigenvalue weighted by atomic mass is 19.1. The lowest BCUT2D eigenvalue weighted by atomic mass is 9.86. The summed E-state index contributed by atoms with van der Waals surface area (Å²) in [5, 5.41) is 6.01. The molecule has 0 radical (unpaired) electrons. The van der Waals surface area contributed by atoms with Crippen molar-refractivity contribution in [1.29, 1.82) is 0 Å². The summed E-state index contributed by atoms with van der Waals surface area (Å²) < 4.78 is 13.6. The highest BCUT2D eigenvalue weighted by molar-refractivity contribution is 6.03. The molecule has 0 spiro atoms. The number of aromatic nitrogens is 2. The molecule has 2 aromatic carbocycles. The molecule has 1 heterocycles. The van der Waals surface area contributed by atoms with Crippen molar-refractivity contribution in [3.63, 3.8) is 0 Å². The van der Waals surface area contributed by atoms with Gasteiger partial charge in [-0.25, -0.2) is 14.4 Å². The third-order valence-electron chi connectivity index (χ3n) is 4.53. The Morgan fingerprint density at radius 1 is 1.00 bits per heavy atom. The van der Waals surface area contributed by atoms with Gasteiger partial charge in [0.1, 0.15) is 17.3 Å². The van der Waals surface area contributed by atoms with Gasteiger partial charge in [-0.15, -0.1) is 0 Å². The molecular formula is C23H25FN4O. The number of carbonyl (C=O) groups is 1.